The van der Waals surface area contributed by atoms with E-state index in [1.54, 1.807) is 0 Å². The summed E-state index contributed by atoms with van der Waals surface area (Å²) in [4.78, 5) is 4.68. The fourth-order valence-electron chi connectivity index (χ4n) is 2.61. The van der Waals surface area contributed by atoms with Gasteiger partial charge in [-0.15, -0.1) is 11.6 Å². The topological polar surface area (TPSA) is 35.9 Å². The number of nitrogens with zero attached hydrogens (tertiary/aromatic N) is 2. The molecule has 5 heteroatoms. The molecule has 0 aliphatic carbocycles. The van der Waals surface area contributed by atoms with Crippen LogP contribution in [0.3, 0.4) is 0 Å². The summed E-state index contributed by atoms with van der Waals surface area (Å²) in [5.74, 6) is 0.891. The van der Waals surface area contributed by atoms with E-state index >= 15 is 0 Å². The van der Waals surface area contributed by atoms with Crippen LogP contribution in [0.2, 0.25) is 0 Å². The van der Waals surface area contributed by atoms with Crippen LogP contribution >= 0.6 is 11.6 Å². The Kier molecular flexibility index (Phi) is 6.77. The molecule has 1 saturated heterocycles. The van der Waals surface area contributed by atoms with Gasteiger partial charge >= 0.3 is 0 Å². The van der Waals surface area contributed by atoms with E-state index in [4.69, 9.17) is 21.4 Å². The Bertz CT molecular complexity index is 405. The third kappa shape index (κ3) is 5.15. The Morgan fingerprint density at radius 1 is 1.14 bits per heavy atom. The SMILES string of the molecule is CCOc1ccc(C(Cl)CN2CCN(CCO)CC2)cc1. The number of piperazine rings is 1. The van der Waals surface area contributed by atoms with Crippen molar-refractivity contribution >= 4 is 11.6 Å². The van der Waals surface area contributed by atoms with Crippen molar-refractivity contribution in [1.82, 2.24) is 9.80 Å². The van der Waals surface area contributed by atoms with Gasteiger partial charge in [-0.3, -0.25) is 9.80 Å². The van der Waals surface area contributed by atoms with E-state index in [0.717, 1.165) is 50.6 Å². The zero-order valence-corrected chi connectivity index (χ0v) is 13.4. The van der Waals surface area contributed by atoms with E-state index in [2.05, 4.69) is 9.80 Å². The Labute approximate surface area is 132 Å². The second kappa shape index (κ2) is 8.59. The lowest BCUT2D eigenvalue weighted by Crippen LogP contribution is -2.47. The Balaban J connectivity index is 1.80. The summed E-state index contributed by atoms with van der Waals surface area (Å²) in [5.41, 5.74) is 1.14. The van der Waals surface area contributed by atoms with Gasteiger partial charge in [0.1, 0.15) is 5.75 Å². The van der Waals surface area contributed by atoms with Gasteiger partial charge < -0.3 is 9.84 Å². The van der Waals surface area contributed by atoms with Crippen LogP contribution in [0, 0.1) is 0 Å². The lowest BCUT2D eigenvalue weighted by molar-refractivity contribution is 0.112. The number of halogens is 1. The summed E-state index contributed by atoms with van der Waals surface area (Å²) in [6.45, 7) is 8.59. The number of ether oxygens (including phenoxy) is 1. The molecule has 21 heavy (non-hydrogen) atoms. The number of alkyl halides is 1. The fourth-order valence-corrected chi connectivity index (χ4v) is 2.95. The molecule has 0 bridgehead atoms. The third-order valence-electron chi connectivity index (χ3n) is 3.85. The lowest BCUT2D eigenvalue weighted by atomic mass is 10.1. The minimum Gasteiger partial charge on any atom is -0.494 e. The molecule has 4 nitrogen and oxygen atoms in total. The first kappa shape index (κ1) is 16.6. The van der Waals surface area contributed by atoms with Gasteiger partial charge in [0.15, 0.2) is 0 Å². The molecule has 0 radical (unpaired) electrons. The number of aliphatic hydroxyl groups excluding tert-OH is 1. The monoisotopic (exact) mass is 312 g/mol. The lowest BCUT2D eigenvalue weighted by Gasteiger charge is -2.35. The molecule has 1 heterocycles. The van der Waals surface area contributed by atoms with Crippen LogP contribution < -0.4 is 4.74 Å². The zero-order chi connectivity index (χ0) is 15.1. The first-order valence-corrected chi connectivity index (χ1v) is 8.09. The maximum atomic E-state index is 8.95. The molecule has 1 fully saturated rings. The smallest absolute Gasteiger partial charge is 0.119 e. The number of β-amino-alcohol motifs (C(OH)–C–C–N with tert-alkyl or cyclic N) is 1. The molecule has 1 aromatic carbocycles. The van der Waals surface area contributed by atoms with E-state index < -0.39 is 0 Å². The highest BCUT2D eigenvalue weighted by atomic mass is 35.5. The predicted octanol–water partition coefficient (Wildman–Crippen LogP) is 1.98. The van der Waals surface area contributed by atoms with Crippen molar-refractivity contribution < 1.29 is 9.84 Å². The Morgan fingerprint density at radius 3 is 2.33 bits per heavy atom. The Morgan fingerprint density at radius 2 is 1.76 bits per heavy atom. The highest BCUT2D eigenvalue weighted by Crippen LogP contribution is 2.24. The quantitative estimate of drug-likeness (QED) is 0.781. The summed E-state index contributed by atoms with van der Waals surface area (Å²) in [6, 6.07) is 8.05. The number of aliphatic hydroxyl groups is 1. The largest absolute Gasteiger partial charge is 0.494 e. The molecular formula is C16H25ClN2O2. The molecule has 118 valence electrons. The fraction of sp³-hybridized carbons (Fsp3) is 0.625. The molecule has 0 saturated carbocycles. The van der Waals surface area contributed by atoms with Gasteiger partial charge in [0.2, 0.25) is 0 Å². The molecule has 1 aliphatic rings. The number of benzene rings is 1. The normalized spacial score (nSPS) is 18.6. The molecule has 2 rings (SSSR count). The Hall–Kier alpha value is -0.810. The van der Waals surface area contributed by atoms with Crippen molar-refractivity contribution in [3.05, 3.63) is 29.8 Å². The second-order valence-corrected chi connectivity index (χ2v) is 5.86. The van der Waals surface area contributed by atoms with E-state index in [1.165, 1.54) is 0 Å². The first-order chi connectivity index (χ1) is 10.2. The van der Waals surface area contributed by atoms with Crippen LogP contribution in [-0.4, -0.2) is 67.4 Å². The maximum absolute atomic E-state index is 8.95. The number of hydrogen-bond acceptors (Lipinski definition) is 4. The summed E-state index contributed by atoms with van der Waals surface area (Å²) >= 11 is 6.53. The molecular weight excluding hydrogens is 288 g/mol. The van der Waals surface area contributed by atoms with Crippen LogP contribution in [0.15, 0.2) is 24.3 Å². The molecule has 0 aromatic heterocycles. The highest BCUT2D eigenvalue weighted by molar-refractivity contribution is 6.21. The number of hydrogen-bond donors (Lipinski definition) is 1. The summed E-state index contributed by atoms with van der Waals surface area (Å²) in [7, 11) is 0. The summed E-state index contributed by atoms with van der Waals surface area (Å²) in [5, 5.41) is 8.96. The van der Waals surface area contributed by atoms with E-state index in [0.29, 0.717) is 6.61 Å². The minimum atomic E-state index is 0.00469. The average Bonchev–Trinajstić information content (AvgIpc) is 2.50. The van der Waals surface area contributed by atoms with Crippen molar-refractivity contribution in [3.63, 3.8) is 0 Å². The molecule has 1 aromatic rings. The van der Waals surface area contributed by atoms with Gasteiger partial charge in [0.05, 0.1) is 18.6 Å². The van der Waals surface area contributed by atoms with Crippen LogP contribution in [-0.2, 0) is 0 Å². The van der Waals surface area contributed by atoms with Crippen LogP contribution in [0.4, 0.5) is 0 Å². The van der Waals surface area contributed by atoms with Gasteiger partial charge in [0.25, 0.3) is 0 Å². The van der Waals surface area contributed by atoms with Crippen LogP contribution in [0.5, 0.6) is 5.75 Å². The van der Waals surface area contributed by atoms with Gasteiger partial charge in [0, 0.05) is 39.3 Å². The standard InChI is InChI=1S/C16H25ClN2O2/c1-2-21-15-5-3-14(4-6-15)16(17)13-19-9-7-18(8-10-19)11-12-20/h3-6,16,20H,2,7-13H2,1H3. The molecule has 0 amide bonds. The molecule has 1 aliphatic heterocycles. The van der Waals surface area contributed by atoms with Crippen molar-refractivity contribution in [2.75, 3.05) is 52.5 Å². The van der Waals surface area contributed by atoms with Crippen LogP contribution in [0.25, 0.3) is 0 Å². The maximum Gasteiger partial charge on any atom is 0.119 e. The highest BCUT2D eigenvalue weighted by Gasteiger charge is 2.19. The summed E-state index contributed by atoms with van der Waals surface area (Å²) < 4.78 is 5.45. The van der Waals surface area contributed by atoms with Gasteiger partial charge in [-0.1, -0.05) is 12.1 Å². The predicted molar refractivity (Wildman–Crippen MR) is 86.2 cm³/mol. The average molecular weight is 313 g/mol. The number of rotatable bonds is 7. The van der Waals surface area contributed by atoms with E-state index in [1.807, 2.05) is 31.2 Å². The van der Waals surface area contributed by atoms with E-state index in [-0.39, 0.29) is 12.0 Å². The minimum absolute atomic E-state index is 0.00469. The van der Waals surface area contributed by atoms with Crippen molar-refractivity contribution in [2.45, 2.75) is 12.3 Å². The van der Waals surface area contributed by atoms with Crippen LogP contribution in [0.1, 0.15) is 17.9 Å². The second-order valence-electron chi connectivity index (χ2n) is 5.34. The molecule has 1 atom stereocenters. The van der Waals surface area contributed by atoms with Gasteiger partial charge in [-0.05, 0) is 24.6 Å². The van der Waals surface area contributed by atoms with Gasteiger partial charge in [-0.25, -0.2) is 0 Å². The first-order valence-electron chi connectivity index (χ1n) is 7.65. The van der Waals surface area contributed by atoms with Crippen molar-refractivity contribution in [3.8, 4) is 5.75 Å². The molecule has 1 unspecified atom stereocenters. The van der Waals surface area contributed by atoms with Gasteiger partial charge in [-0.2, -0.15) is 0 Å². The third-order valence-corrected chi connectivity index (χ3v) is 4.24. The van der Waals surface area contributed by atoms with Crippen molar-refractivity contribution in [2.24, 2.45) is 0 Å². The van der Waals surface area contributed by atoms with Crippen molar-refractivity contribution in [1.29, 1.82) is 0 Å². The van der Waals surface area contributed by atoms with E-state index in [9.17, 15) is 0 Å². The molecule has 0 spiro atoms. The zero-order valence-electron chi connectivity index (χ0n) is 12.7. The summed E-state index contributed by atoms with van der Waals surface area (Å²) in [6.07, 6.45) is 0. The molecule has 1 N–H and O–H groups in total.